The fraction of sp³-hybridized carbons (Fsp3) is 0.273. The second-order valence-electron chi connectivity index (χ2n) is 7.48. The lowest BCUT2D eigenvalue weighted by atomic mass is 10.1. The largest absolute Gasteiger partial charge is 0.368 e. The van der Waals surface area contributed by atoms with Gasteiger partial charge in [0.1, 0.15) is 5.82 Å². The first-order chi connectivity index (χ1) is 14.9. The maximum Gasteiger partial charge on any atom is 0.278 e. The number of nitro benzene ring substituents is 1. The Bertz CT molecular complexity index is 1110. The Morgan fingerprint density at radius 1 is 1.10 bits per heavy atom. The molecule has 0 aliphatic carbocycles. The number of rotatable bonds is 5. The molecule has 1 fully saturated rings. The number of pyridine rings is 1. The number of nitro groups is 1. The summed E-state index contributed by atoms with van der Waals surface area (Å²) < 4.78 is 13.0. The van der Waals surface area contributed by atoms with E-state index in [-0.39, 0.29) is 23.5 Å². The van der Waals surface area contributed by atoms with E-state index in [4.69, 9.17) is 0 Å². The maximum absolute atomic E-state index is 13.0. The highest BCUT2D eigenvalue weighted by Gasteiger charge is 2.27. The third-order valence-electron chi connectivity index (χ3n) is 5.66. The monoisotopic (exact) mass is 423 g/mol. The molecule has 0 unspecified atom stereocenters. The molecule has 3 aromatic rings. The molecule has 1 amide bonds. The normalized spacial score (nSPS) is 15.6. The van der Waals surface area contributed by atoms with Crippen molar-refractivity contribution in [2.24, 2.45) is 0 Å². The Hall–Kier alpha value is -3.59. The van der Waals surface area contributed by atoms with Crippen molar-refractivity contribution in [1.82, 2.24) is 9.88 Å². The number of carbonyl (C=O) groups excluding carboxylic acids is 1. The Kier molecular flexibility index (Phi) is 5.77. The number of non-ortho nitro benzene ring substituents is 1. The van der Waals surface area contributed by atoms with Crippen molar-refractivity contribution >= 4 is 33.7 Å². The molecule has 1 saturated heterocycles. The number of amides is 1. The number of fused-ring (bicyclic) bond motifs is 1. The van der Waals surface area contributed by atoms with Crippen LogP contribution in [-0.4, -0.2) is 52.9 Å². The second kappa shape index (κ2) is 8.65. The molecule has 4 rings (SSSR count). The Morgan fingerprint density at radius 2 is 1.81 bits per heavy atom. The van der Waals surface area contributed by atoms with Crippen molar-refractivity contribution in [1.29, 1.82) is 0 Å². The molecule has 0 bridgehead atoms. The van der Waals surface area contributed by atoms with Crippen molar-refractivity contribution in [3.05, 3.63) is 70.8 Å². The summed E-state index contributed by atoms with van der Waals surface area (Å²) in [5, 5.41) is 15.5. The molecule has 1 aliphatic rings. The van der Waals surface area contributed by atoms with Gasteiger partial charge < -0.3 is 10.2 Å². The summed E-state index contributed by atoms with van der Waals surface area (Å²) in [7, 11) is 0. The first-order valence-electron chi connectivity index (χ1n) is 10.0. The summed E-state index contributed by atoms with van der Waals surface area (Å²) in [6, 6.07) is 10.4. The van der Waals surface area contributed by atoms with Gasteiger partial charge in [-0.25, -0.2) is 4.39 Å². The van der Waals surface area contributed by atoms with E-state index in [2.05, 4.69) is 20.1 Å². The summed E-state index contributed by atoms with van der Waals surface area (Å²) >= 11 is 0. The summed E-state index contributed by atoms with van der Waals surface area (Å²) in [6.07, 6.45) is 3.16. The molecule has 31 heavy (non-hydrogen) atoms. The Morgan fingerprint density at radius 3 is 2.48 bits per heavy atom. The van der Waals surface area contributed by atoms with Crippen LogP contribution in [0.3, 0.4) is 0 Å². The molecule has 0 spiro atoms. The van der Waals surface area contributed by atoms with E-state index in [1.165, 1.54) is 36.5 Å². The minimum absolute atomic E-state index is 0.0385. The number of piperazine rings is 1. The minimum Gasteiger partial charge on any atom is -0.368 e. The van der Waals surface area contributed by atoms with Crippen LogP contribution >= 0.6 is 0 Å². The molecule has 2 aromatic carbocycles. The molecule has 160 valence electrons. The third-order valence-corrected chi connectivity index (χ3v) is 5.66. The number of anilines is 2. The van der Waals surface area contributed by atoms with Gasteiger partial charge in [-0.15, -0.1) is 0 Å². The summed E-state index contributed by atoms with van der Waals surface area (Å²) in [5.41, 5.74) is 1.52. The lowest BCUT2D eigenvalue weighted by molar-refractivity contribution is -0.383. The number of benzene rings is 2. The maximum atomic E-state index is 13.0. The molecule has 1 atom stereocenters. The average molecular weight is 423 g/mol. The predicted molar refractivity (Wildman–Crippen MR) is 117 cm³/mol. The Balaban J connectivity index is 1.44. The molecule has 2 heterocycles. The van der Waals surface area contributed by atoms with Crippen LogP contribution in [0.5, 0.6) is 0 Å². The van der Waals surface area contributed by atoms with Crippen LogP contribution in [0.15, 0.2) is 54.9 Å². The van der Waals surface area contributed by atoms with Gasteiger partial charge in [0.15, 0.2) is 0 Å². The van der Waals surface area contributed by atoms with Crippen molar-refractivity contribution < 1.29 is 14.1 Å². The second-order valence-corrected chi connectivity index (χ2v) is 7.48. The summed E-state index contributed by atoms with van der Waals surface area (Å²) in [5.74, 6) is -0.497. The van der Waals surface area contributed by atoms with Gasteiger partial charge in [-0.3, -0.25) is 24.8 Å². The molecule has 9 heteroatoms. The van der Waals surface area contributed by atoms with E-state index >= 15 is 0 Å². The van der Waals surface area contributed by atoms with Crippen LogP contribution in [0.1, 0.15) is 6.92 Å². The number of hydrogen-bond acceptors (Lipinski definition) is 6. The summed E-state index contributed by atoms with van der Waals surface area (Å²) in [6.45, 7) is 4.55. The van der Waals surface area contributed by atoms with Gasteiger partial charge >= 0.3 is 0 Å². The van der Waals surface area contributed by atoms with Gasteiger partial charge in [0.25, 0.3) is 5.69 Å². The van der Waals surface area contributed by atoms with Crippen molar-refractivity contribution in [2.45, 2.75) is 13.0 Å². The van der Waals surface area contributed by atoms with E-state index < -0.39 is 4.92 Å². The van der Waals surface area contributed by atoms with Gasteiger partial charge in [-0.1, -0.05) is 0 Å². The van der Waals surface area contributed by atoms with Crippen molar-refractivity contribution in [3.63, 3.8) is 0 Å². The summed E-state index contributed by atoms with van der Waals surface area (Å²) in [4.78, 5) is 31.8. The number of nitrogens with zero attached hydrogens (tertiary/aromatic N) is 4. The van der Waals surface area contributed by atoms with Gasteiger partial charge in [-0.05, 0) is 43.3 Å². The quantitative estimate of drug-likeness (QED) is 0.499. The molecule has 1 aliphatic heterocycles. The zero-order valence-corrected chi connectivity index (χ0v) is 17.0. The predicted octanol–water partition coefficient (Wildman–Crippen LogP) is 3.43. The lowest BCUT2D eigenvalue weighted by Gasteiger charge is -2.38. The fourth-order valence-corrected chi connectivity index (χ4v) is 3.89. The first kappa shape index (κ1) is 20.7. The average Bonchev–Trinajstić information content (AvgIpc) is 2.79. The van der Waals surface area contributed by atoms with Gasteiger partial charge in [-0.2, -0.15) is 0 Å². The fourth-order valence-electron chi connectivity index (χ4n) is 3.89. The van der Waals surface area contributed by atoms with Crippen LogP contribution in [0.4, 0.5) is 21.5 Å². The standard InChI is InChI=1S/C22H22FN5O3/c1-15(22(29)25-17-4-2-16(23)3-5-17)26-10-12-27(13-11-26)20-6-7-21(28(30)31)19-14-24-9-8-18(19)20/h2-9,14-15H,10-13H2,1H3,(H,25,29)/t15-/m0/s1. The lowest BCUT2D eigenvalue weighted by Crippen LogP contribution is -2.52. The topological polar surface area (TPSA) is 91.6 Å². The van der Waals surface area contributed by atoms with E-state index in [0.29, 0.717) is 37.3 Å². The third kappa shape index (κ3) is 4.31. The minimum atomic E-state index is -0.396. The highest BCUT2D eigenvalue weighted by atomic mass is 19.1. The molecule has 0 radical (unpaired) electrons. The number of nitrogens with one attached hydrogen (secondary N) is 1. The van der Waals surface area contributed by atoms with E-state index in [9.17, 15) is 19.3 Å². The molecule has 1 aromatic heterocycles. The molecule has 8 nitrogen and oxygen atoms in total. The van der Waals surface area contributed by atoms with Crippen LogP contribution < -0.4 is 10.2 Å². The smallest absolute Gasteiger partial charge is 0.278 e. The van der Waals surface area contributed by atoms with Gasteiger partial charge in [0.2, 0.25) is 5.91 Å². The van der Waals surface area contributed by atoms with E-state index in [1.807, 2.05) is 6.92 Å². The van der Waals surface area contributed by atoms with Crippen LogP contribution in [0.2, 0.25) is 0 Å². The number of aromatic nitrogens is 1. The molecule has 0 saturated carbocycles. The Labute approximate surface area is 178 Å². The van der Waals surface area contributed by atoms with Crippen molar-refractivity contribution in [2.75, 3.05) is 36.4 Å². The van der Waals surface area contributed by atoms with E-state index in [0.717, 1.165) is 11.1 Å². The highest BCUT2D eigenvalue weighted by molar-refractivity contribution is 5.99. The molecular formula is C22H22FN5O3. The van der Waals surface area contributed by atoms with Gasteiger partial charge in [0.05, 0.1) is 16.4 Å². The molecule has 1 N–H and O–H groups in total. The zero-order valence-electron chi connectivity index (χ0n) is 17.0. The first-order valence-corrected chi connectivity index (χ1v) is 10.0. The van der Waals surface area contributed by atoms with Gasteiger partial charge in [0, 0.05) is 61.4 Å². The zero-order chi connectivity index (χ0) is 22.0. The number of halogens is 1. The van der Waals surface area contributed by atoms with E-state index in [1.54, 1.807) is 18.3 Å². The molecular weight excluding hydrogens is 401 g/mol. The van der Waals surface area contributed by atoms with Crippen LogP contribution in [0, 0.1) is 15.9 Å². The number of hydrogen-bond donors (Lipinski definition) is 1. The highest BCUT2D eigenvalue weighted by Crippen LogP contribution is 2.33. The van der Waals surface area contributed by atoms with Crippen LogP contribution in [-0.2, 0) is 4.79 Å². The van der Waals surface area contributed by atoms with Crippen LogP contribution in [0.25, 0.3) is 10.8 Å². The number of carbonyl (C=O) groups is 1. The van der Waals surface area contributed by atoms with Crippen molar-refractivity contribution in [3.8, 4) is 0 Å². The SMILES string of the molecule is C[C@@H](C(=O)Nc1ccc(F)cc1)N1CCN(c2ccc([N+](=O)[O-])c3cnccc23)CC1.